The number of hydrogen-bond acceptors (Lipinski definition) is 2. The summed E-state index contributed by atoms with van der Waals surface area (Å²) in [7, 11) is 1.90. The lowest BCUT2D eigenvalue weighted by Crippen LogP contribution is -2.48. The molecule has 1 N–H and O–H groups in total. The van der Waals surface area contributed by atoms with Crippen LogP contribution in [-0.4, -0.2) is 35.1 Å². The third-order valence-electron chi connectivity index (χ3n) is 4.32. The Hall–Kier alpha value is -0.280. The van der Waals surface area contributed by atoms with Gasteiger partial charge in [0.15, 0.2) is 0 Å². The molecule has 0 aliphatic heterocycles. The monoisotopic (exact) mass is 321 g/mol. The van der Waals surface area contributed by atoms with E-state index in [4.69, 9.17) is 5.11 Å². The minimum atomic E-state index is -0.751. The summed E-state index contributed by atoms with van der Waals surface area (Å²) < 4.78 is 0. The summed E-state index contributed by atoms with van der Waals surface area (Å²) in [6, 6.07) is 0. The number of carboxylic acid groups (broad SMARTS) is 1. The molecule has 0 amide bonds. The lowest BCUT2D eigenvalue weighted by Gasteiger charge is -2.31. The largest absolute Gasteiger partial charge is 0.480 e. The van der Waals surface area contributed by atoms with Gasteiger partial charge in [0.1, 0.15) is 5.54 Å². The van der Waals surface area contributed by atoms with Crippen molar-refractivity contribution in [3.8, 4) is 0 Å². The fourth-order valence-electron chi connectivity index (χ4n) is 2.28. The second kappa shape index (κ2) is 13.4. The second-order valence-corrected chi connectivity index (χ2v) is 6.47. The van der Waals surface area contributed by atoms with Crippen LogP contribution < -0.4 is 0 Å². The van der Waals surface area contributed by atoms with E-state index in [0.717, 1.165) is 13.0 Å². The molecule has 128 valence electrons. The minimum Gasteiger partial charge on any atom is -0.480 e. The van der Waals surface area contributed by atoms with E-state index >= 15 is 0 Å². The van der Waals surface area contributed by atoms with Gasteiger partial charge >= 0.3 is 5.97 Å². The van der Waals surface area contributed by atoms with Crippen molar-refractivity contribution >= 4 is 18.4 Å². The molecule has 0 aliphatic carbocycles. The zero-order valence-corrected chi connectivity index (χ0v) is 15.3. The zero-order chi connectivity index (χ0) is 15.4. The van der Waals surface area contributed by atoms with Gasteiger partial charge in [-0.2, -0.15) is 0 Å². The van der Waals surface area contributed by atoms with E-state index in [1.807, 2.05) is 11.9 Å². The Kier molecular flexibility index (Phi) is 14.7. The van der Waals surface area contributed by atoms with Gasteiger partial charge in [-0.05, 0) is 33.9 Å². The van der Waals surface area contributed by atoms with Crippen LogP contribution in [-0.2, 0) is 4.79 Å². The molecular weight excluding hydrogens is 286 g/mol. The van der Waals surface area contributed by atoms with Crippen LogP contribution in [0.1, 0.15) is 85.0 Å². The van der Waals surface area contributed by atoms with E-state index in [2.05, 4.69) is 6.92 Å². The maximum absolute atomic E-state index is 11.1. The molecule has 0 saturated carbocycles. The molecule has 0 rings (SSSR count). The number of rotatable bonds is 13. The first kappa shape index (κ1) is 23.0. The van der Waals surface area contributed by atoms with Crippen molar-refractivity contribution in [1.29, 1.82) is 0 Å². The van der Waals surface area contributed by atoms with Crippen molar-refractivity contribution in [2.24, 2.45) is 0 Å². The first-order valence-corrected chi connectivity index (χ1v) is 8.37. The number of carboxylic acids is 1. The summed E-state index contributed by atoms with van der Waals surface area (Å²) in [6.45, 7) is 6.66. The number of unbranched alkanes of at least 4 members (excludes halogenated alkanes) is 9. The first-order valence-electron chi connectivity index (χ1n) is 8.37. The predicted octanol–water partition coefficient (Wildman–Crippen LogP) is 5.12. The predicted molar refractivity (Wildman–Crippen MR) is 93.4 cm³/mol. The molecule has 0 fully saturated rings. The summed E-state index contributed by atoms with van der Waals surface area (Å²) in [5.74, 6) is -0.743. The Morgan fingerprint density at radius 2 is 1.29 bits per heavy atom. The molecule has 0 atom stereocenters. The van der Waals surface area contributed by atoms with E-state index < -0.39 is 11.5 Å². The fourth-order valence-corrected chi connectivity index (χ4v) is 2.28. The Labute approximate surface area is 137 Å². The zero-order valence-electron chi connectivity index (χ0n) is 14.5. The normalized spacial score (nSPS) is 11.5. The van der Waals surface area contributed by atoms with Crippen molar-refractivity contribution in [2.75, 3.05) is 13.6 Å². The third-order valence-corrected chi connectivity index (χ3v) is 4.32. The van der Waals surface area contributed by atoms with Gasteiger partial charge in [0.05, 0.1) is 0 Å². The molecule has 0 aromatic carbocycles. The van der Waals surface area contributed by atoms with Gasteiger partial charge < -0.3 is 5.11 Å². The van der Waals surface area contributed by atoms with Crippen LogP contribution >= 0.6 is 12.4 Å². The van der Waals surface area contributed by atoms with Crippen LogP contribution in [0.2, 0.25) is 0 Å². The highest BCUT2D eigenvalue weighted by Gasteiger charge is 2.31. The molecule has 0 saturated heterocycles. The molecule has 3 nitrogen and oxygen atoms in total. The molecular formula is C17H36ClNO2. The van der Waals surface area contributed by atoms with Crippen LogP contribution in [0.5, 0.6) is 0 Å². The van der Waals surface area contributed by atoms with Gasteiger partial charge in [-0.3, -0.25) is 9.69 Å². The van der Waals surface area contributed by atoms with E-state index in [-0.39, 0.29) is 12.4 Å². The van der Waals surface area contributed by atoms with Crippen LogP contribution in [0.15, 0.2) is 0 Å². The standard InChI is InChI=1S/C17H35NO2.ClH/c1-5-6-7-8-9-10-11-12-13-14-15-18(4)17(2,3)16(19)20;/h5-15H2,1-4H3,(H,19,20);1H. The highest BCUT2D eigenvalue weighted by Crippen LogP contribution is 2.15. The third kappa shape index (κ3) is 11.0. The first-order chi connectivity index (χ1) is 9.42. The number of halogens is 1. The molecule has 0 bridgehead atoms. The molecule has 0 unspecified atom stereocenters. The fraction of sp³-hybridized carbons (Fsp3) is 0.941. The summed E-state index contributed by atoms with van der Waals surface area (Å²) >= 11 is 0. The maximum atomic E-state index is 11.1. The second-order valence-electron chi connectivity index (χ2n) is 6.47. The quantitative estimate of drug-likeness (QED) is 0.478. The number of hydrogen-bond donors (Lipinski definition) is 1. The van der Waals surface area contributed by atoms with Crippen LogP contribution in [0.3, 0.4) is 0 Å². The Bertz CT molecular complexity index is 257. The van der Waals surface area contributed by atoms with Gasteiger partial charge in [-0.15, -0.1) is 12.4 Å². The summed E-state index contributed by atoms with van der Waals surface area (Å²) in [4.78, 5) is 13.0. The molecule has 0 heterocycles. The molecule has 21 heavy (non-hydrogen) atoms. The van der Waals surface area contributed by atoms with Crippen molar-refractivity contribution in [1.82, 2.24) is 4.90 Å². The summed E-state index contributed by atoms with van der Waals surface area (Å²) in [6.07, 6.45) is 13.2. The van der Waals surface area contributed by atoms with Crippen molar-refractivity contribution in [3.05, 3.63) is 0 Å². The Morgan fingerprint density at radius 1 is 0.905 bits per heavy atom. The van der Waals surface area contributed by atoms with E-state index in [0.29, 0.717) is 0 Å². The molecule has 4 heteroatoms. The van der Waals surface area contributed by atoms with E-state index in [1.165, 1.54) is 57.8 Å². The van der Waals surface area contributed by atoms with Crippen LogP contribution in [0, 0.1) is 0 Å². The van der Waals surface area contributed by atoms with E-state index in [9.17, 15) is 4.79 Å². The van der Waals surface area contributed by atoms with Crippen LogP contribution in [0.25, 0.3) is 0 Å². The van der Waals surface area contributed by atoms with Crippen molar-refractivity contribution in [2.45, 2.75) is 90.5 Å². The molecule has 0 aliphatic rings. The Balaban J connectivity index is 0. The van der Waals surface area contributed by atoms with Gasteiger partial charge in [0.2, 0.25) is 0 Å². The van der Waals surface area contributed by atoms with Gasteiger partial charge in [-0.1, -0.05) is 64.7 Å². The highest BCUT2D eigenvalue weighted by molar-refractivity contribution is 5.85. The molecule has 0 spiro atoms. The average molecular weight is 322 g/mol. The maximum Gasteiger partial charge on any atom is 0.323 e. The smallest absolute Gasteiger partial charge is 0.323 e. The van der Waals surface area contributed by atoms with Crippen LogP contribution in [0.4, 0.5) is 0 Å². The number of aliphatic carboxylic acids is 1. The SMILES string of the molecule is CCCCCCCCCCCCN(C)C(C)(C)C(=O)O.Cl. The Morgan fingerprint density at radius 3 is 1.67 bits per heavy atom. The number of likely N-dealkylation sites (N-methyl/N-ethyl adjacent to an activating group) is 1. The topological polar surface area (TPSA) is 40.5 Å². The van der Waals surface area contributed by atoms with Gasteiger partial charge in [-0.25, -0.2) is 0 Å². The summed E-state index contributed by atoms with van der Waals surface area (Å²) in [5.41, 5.74) is -0.751. The summed E-state index contributed by atoms with van der Waals surface area (Å²) in [5, 5.41) is 9.13. The lowest BCUT2D eigenvalue weighted by atomic mass is 10.0. The molecule has 0 aromatic rings. The number of nitrogens with zero attached hydrogens (tertiary/aromatic N) is 1. The number of carbonyl (C=O) groups is 1. The van der Waals surface area contributed by atoms with Crippen molar-refractivity contribution < 1.29 is 9.90 Å². The van der Waals surface area contributed by atoms with Gasteiger partial charge in [0.25, 0.3) is 0 Å². The van der Waals surface area contributed by atoms with Crippen molar-refractivity contribution in [3.63, 3.8) is 0 Å². The minimum absolute atomic E-state index is 0. The molecule has 0 aromatic heterocycles. The molecule has 0 radical (unpaired) electrons. The van der Waals surface area contributed by atoms with Gasteiger partial charge in [0, 0.05) is 0 Å². The van der Waals surface area contributed by atoms with E-state index in [1.54, 1.807) is 13.8 Å². The highest BCUT2D eigenvalue weighted by atomic mass is 35.5. The average Bonchev–Trinajstić information content (AvgIpc) is 2.40. The lowest BCUT2D eigenvalue weighted by molar-refractivity contribution is -0.148.